The largest absolute Gasteiger partial charge is 0.274 e. The van der Waals surface area contributed by atoms with Crippen LogP contribution in [-0.4, -0.2) is 11.8 Å². The normalized spacial score (nSPS) is 16.9. The Labute approximate surface area is 119 Å². The minimum atomic E-state index is -0.155. The topological polar surface area (TPSA) is 37.4 Å². The Morgan fingerprint density at radius 1 is 1.17 bits per heavy atom. The van der Waals surface area contributed by atoms with E-state index in [2.05, 4.69) is 15.9 Å². The molecule has 1 aliphatic rings. The third kappa shape index (κ3) is 2.59. The van der Waals surface area contributed by atoms with E-state index in [0.717, 1.165) is 18.4 Å². The highest BCUT2D eigenvalue weighted by molar-refractivity contribution is 9.10. The summed E-state index contributed by atoms with van der Waals surface area (Å²) in [5.74, 6) is -0.309. The van der Waals surface area contributed by atoms with E-state index in [1.165, 1.54) is 4.90 Å². The van der Waals surface area contributed by atoms with Gasteiger partial charge in [0.2, 0.25) is 11.8 Å². The van der Waals surface area contributed by atoms with E-state index in [1.54, 1.807) is 6.07 Å². The van der Waals surface area contributed by atoms with Crippen LogP contribution in [0.5, 0.6) is 0 Å². The molecule has 1 aliphatic heterocycles. The number of rotatable bonds is 1. The van der Waals surface area contributed by atoms with Crippen LogP contribution in [0.25, 0.3) is 0 Å². The third-order valence-corrected chi connectivity index (χ3v) is 4.04. The molecular weight excluding hydrogens is 318 g/mol. The van der Waals surface area contributed by atoms with E-state index in [1.807, 2.05) is 13.0 Å². The van der Waals surface area contributed by atoms with Crippen molar-refractivity contribution in [2.45, 2.75) is 32.6 Å². The predicted molar refractivity (Wildman–Crippen MR) is 74.9 cm³/mol. The van der Waals surface area contributed by atoms with Gasteiger partial charge in [-0.15, -0.1) is 0 Å². The number of carbonyl (C=O) groups excluding carboxylic acids is 2. The second-order valence-electron chi connectivity index (χ2n) is 4.38. The molecule has 1 aromatic rings. The van der Waals surface area contributed by atoms with Gasteiger partial charge in [-0.25, -0.2) is 4.90 Å². The first-order chi connectivity index (χ1) is 8.50. The molecule has 18 heavy (non-hydrogen) atoms. The average molecular weight is 331 g/mol. The second-order valence-corrected chi connectivity index (χ2v) is 5.64. The molecule has 3 nitrogen and oxygen atoms in total. The zero-order valence-electron chi connectivity index (χ0n) is 10.0. The molecule has 2 amide bonds. The van der Waals surface area contributed by atoms with Crippen molar-refractivity contribution in [1.82, 2.24) is 0 Å². The summed E-state index contributed by atoms with van der Waals surface area (Å²) in [4.78, 5) is 25.3. The van der Waals surface area contributed by atoms with E-state index in [9.17, 15) is 9.59 Å². The quantitative estimate of drug-likeness (QED) is 0.734. The van der Waals surface area contributed by atoms with Crippen molar-refractivity contribution in [3.05, 3.63) is 27.2 Å². The van der Waals surface area contributed by atoms with E-state index >= 15 is 0 Å². The molecule has 0 saturated carbocycles. The highest BCUT2D eigenvalue weighted by Gasteiger charge is 2.27. The van der Waals surface area contributed by atoms with Crippen molar-refractivity contribution in [2.24, 2.45) is 0 Å². The minimum Gasteiger partial charge on any atom is -0.274 e. The molecule has 0 aliphatic carbocycles. The van der Waals surface area contributed by atoms with Gasteiger partial charge in [0.15, 0.2) is 0 Å². The highest BCUT2D eigenvalue weighted by atomic mass is 79.9. The van der Waals surface area contributed by atoms with Crippen molar-refractivity contribution in [1.29, 1.82) is 0 Å². The van der Waals surface area contributed by atoms with Gasteiger partial charge < -0.3 is 0 Å². The molecule has 1 aromatic carbocycles. The summed E-state index contributed by atoms with van der Waals surface area (Å²) >= 11 is 9.46. The van der Waals surface area contributed by atoms with Gasteiger partial charge in [-0.3, -0.25) is 9.59 Å². The zero-order valence-corrected chi connectivity index (χ0v) is 12.3. The number of benzene rings is 1. The van der Waals surface area contributed by atoms with Gasteiger partial charge in [-0.2, -0.15) is 0 Å². The molecule has 1 saturated heterocycles. The molecule has 0 bridgehead atoms. The zero-order chi connectivity index (χ0) is 13.3. The van der Waals surface area contributed by atoms with Gasteiger partial charge in [0.1, 0.15) is 0 Å². The molecular formula is C13H13BrClNO2. The van der Waals surface area contributed by atoms with Crippen LogP contribution in [0.1, 0.15) is 31.2 Å². The van der Waals surface area contributed by atoms with Crippen molar-refractivity contribution >= 4 is 45.0 Å². The Morgan fingerprint density at radius 2 is 1.72 bits per heavy atom. The number of amides is 2. The summed E-state index contributed by atoms with van der Waals surface area (Å²) in [6.45, 7) is 1.88. The Hall–Kier alpha value is -0.870. The summed E-state index contributed by atoms with van der Waals surface area (Å²) < 4.78 is 0.716. The van der Waals surface area contributed by atoms with E-state index < -0.39 is 0 Å². The van der Waals surface area contributed by atoms with Crippen LogP contribution < -0.4 is 4.90 Å². The first kappa shape index (κ1) is 13.6. The van der Waals surface area contributed by atoms with Gasteiger partial charge in [0, 0.05) is 22.3 Å². The SMILES string of the molecule is Cc1cc(Br)c(N2C(=O)CCCCC2=O)cc1Cl. The second kappa shape index (κ2) is 5.41. The molecule has 0 atom stereocenters. The van der Waals surface area contributed by atoms with E-state index in [-0.39, 0.29) is 11.8 Å². The standard InChI is InChI=1S/C13H13BrClNO2/c1-8-6-9(14)11(7-10(8)15)16-12(17)4-2-3-5-13(16)18/h6-7H,2-5H2,1H3. The van der Waals surface area contributed by atoms with Crippen molar-refractivity contribution in [3.8, 4) is 0 Å². The number of aryl methyl sites for hydroxylation is 1. The van der Waals surface area contributed by atoms with Gasteiger partial charge in [-0.1, -0.05) is 11.6 Å². The molecule has 1 fully saturated rings. The summed E-state index contributed by atoms with van der Waals surface area (Å²) in [5, 5.41) is 0.554. The van der Waals surface area contributed by atoms with Crippen molar-refractivity contribution < 1.29 is 9.59 Å². The number of nitrogens with zero attached hydrogens (tertiary/aromatic N) is 1. The number of halogens is 2. The summed E-state index contributed by atoms with van der Waals surface area (Å²) in [7, 11) is 0. The molecule has 96 valence electrons. The summed E-state index contributed by atoms with van der Waals surface area (Å²) in [6.07, 6.45) is 2.34. The van der Waals surface area contributed by atoms with Crippen LogP contribution in [0.3, 0.4) is 0 Å². The molecule has 0 N–H and O–H groups in total. The fourth-order valence-corrected chi connectivity index (χ4v) is 2.78. The summed E-state index contributed by atoms with van der Waals surface area (Å²) in [6, 6.07) is 3.49. The van der Waals surface area contributed by atoms with Gasteiger partial charge >= 0.3 is 0 Å². The molecule has 0 unspecified atom stereocenters. The lowest BCUT2D eigenvalue weighted by atomic mass is 10.2. The summed E-state index contributed by atoms with van der Waals surface area (Å²) in [5.41, 5.74) is 1.45. The first-order valence-electron chi connectivity index (χ1n) is 5.82. The smallest absolute Gasteiger partial charge is 0.233 e. The van der Waals surface area contributed by atoms with Crippen LogP contribution in [0, 0.1) is 6.92 Å². The molecule has 0 spiro atoms. The van der Waals surface area contributed by atoms with Crippen LogP contribution in [0.2, 0.25) is 5.02 Å². The van der Waals surface area contributed by atoms with E-state index in [0.29, 0.717) is 28.0 Å². The maximum Gasteiger partial charge on any atom is 0.233 e. The van der Waals surface area contributed by atoms with Crippen LogP contribution in [0.15, 0.2) is 16.6 Å². The average Bonchev–Trinajstić information content (AvgIpc) is 2.46. The molecule has 0 aromatic heterocycles. The van der Waals surface area contributed by atoms with E-state index in [4.69, 9.17) is 11.6 Å². The lowest BCUT2D eigenvalue weighted by molar-refractivity contribution is -0.125. The molecule has 5 heteroatoms. The highest BCUT2D eigenvalue weighted by Crippen LogP contribution is 2.33. The number of imide groups is 1. The number of anilines is 1. The monoisotopic (exact) mass is 329 g/mol. The Balaban J connectivity index is 2.48. The maximum absolute atomic E-state index is 12.0. The Morgan fingerprint density at radius 3 is 2.28 bits per heavy atom. The maximum atomic E-state index is 12.0. The van der Waals surface area contributed by atoms with Crippen LogP contribution in [-0.2, 0) is 9.59 Å². The molecule has 1 heterocycles. The lowest BCUT2D eigenvalue weighted by Crippen LogP contribution is -2.35. The molecule has 0 radical (unpaired) electrons. The fraction of sp³-hybridized carbons (Fsp3) is 0.385. The third-order valence-electron chi connectivity index (χ3n) is 3.00. The Bertz CT molecular complexity index is 498. The fourth-order valence-electron chi connectivity index (χ4n) is 1.99. The Kier molecular flexibility index (Phi) is 4.07. The molecule has 2 rings (SSSR count). The predicted octanol–water partition coefficient (Wildman–Crippen LogP) is 3.84. The number of carbonyl (C=O) groups is 2. The van der Waals surface area contributed by atoms with Crippen molar-refractivity contribution in [2.75, 3.05) is 4.90 Å². The number of hydrogen-bond donors (Lipinski definition) is 0. The first-order valence-corrected chi connectivity index (χ1v) is 6.99. The lowest BCUT2D eigenvalue weighted by Gasteiger charge is -2.21. The van der Waals surface area contributed by atoms with Gasteiger partial charge in [0.25, 0.3) is 0 Å². The number of hydrogen-bond acceptors (Lipinski definition) is 2. The van der Waals surface area contributed by atoms with Gasteiger partial charge in [0.05, 0.1) is 5.69 Å². The minimum absolute atomic E-state index is 0.155. The van der Waals surface area contributed by atoms with Crippen LogP contribution >= 0.6 is 27.5 Å². The van der Waals surface area contributed by atoms with Crippen LogP contribution in [0.4, 0.5) is 5.69 Å². The van der Waals surface area contributed by atoms with Crippen molar-refractivity contribution in [3.63, 3.8) is 0 Å². The van der Waals surface area contributed by atoms with Gasteiger partial charge in [-0.05, 0) is 53.4 Å².